The molecule has 0 aliphatic rings. The lowest BCUT2D eigenvalue weighted by Crippen LogP contribution is -2.16. The average molecular weight is 148 g/mol. The van der Waals surface area contributed by atoms with Crippen LogP contribution in [0.25, 0.3) is 0 Å². The summed E-state index contributed by atoms with van der Waals surface area (Å²) in [6.07, 6.45) is 0.0867. The number of hydrogen-bond acceptors (Lipinski definition) is 4. The van der Waals surface area contributed by atoms with E-state index in [2.05, 4.69) is 4.74 Å². The van der Waals surface area contributed by atoms with Gasteiger partial charge in [-0.2, -0.15) is 0 Å². The molecule has 0 amide bonds. The highest BCUT2D eigenvalue weighted by atomic mass is 16.7. The fourth-order valence-electron chi connectivity index (χ4n) is 0.517. The molecular formula is C6H12O4. The Labute approximate surface area is 60.1 Å². The molecule has 4 heteroatoms. The van der Waals surface area contributed by atoms with Crippen LogP contribution in [0.4, 0.5) is 0 Å². The summed E-state index contributed by atoms with van der Waals surface area (Å²) in [5, 5.41) is 0. The predicted molar refractivity (Wildman–Crippen MR) is 34.4 cm³/mol. The van der Waals surface area contributed by atoms with Crippen LogP contribution in [0.3, 0.4) is 0 Å². The minimum absolute atomic E-state index is 0.365. The van der Waals surface area contributed by atoms with Gasteiger partial charge in [-0.1, -0.05) is 0 Å². The fraction of sp³-hybridized carbons (Fsp3) is 0.833. The third-order valence-electron chi connectivity index (χ3n) is 1.03. The topological polar surface area (TPSA) is 44.8 Å². The van der Waals surface area contributed by atoms with Gasteiger partial charge in [0.2, 0.25) is 6.29 Å². The first-order valence-electron chi connectivity index (χ1n) is 2.96. The van der Waals surface area contributed by atoms with Crippen molar-refractivity contribution in [1.82, 2.24) is 0 Å². The molecule has 0 aliphatic carbocycles. The standard InChI is InChI=1S/C6H12O4/c1-8-4-3-6(9-2)10-5-7/h5-6H,3-4H2,1-2H3. The first-order valence-corrected chi connectivity index (χ1v) is 2.96. The first kappa shape index (κ1) is 9.39. The Morgan fingerprint density at radius 2 is 2.20 bits per heavy atom. The van der Waals surface area contributed by atoms with E-state index in [0.29, 0.717) is 19.5 Å². The predicted octanol–water partition coefficient (Wildman–Crippen LogP) is 0.168. The summed E-state index contributed by atoms with van der Waals surface area (Å²) < 4.78 is 14.0. The van der Waals surface area contributed by atoms with Gasteiger partial charge in [-0.15, -0.1) is 0 Å². The van der Waals surface area contributed by atoms with Crippen LogP contribution in [-0.2, 0) is 19.0 Å². The quantitative estimate of drug-likeness (QED) is 0.398. The van der Waals surface area contributed by atoms with Crippen LogP contribution in [-0.4, -0.2) is 33.6 Å². The Hall–Kier alpha value is -0.610. The van der Waals surface area contributed by atoms with E-state index in [4.69, 9.17) is 9.47 Å². The summed E-state index contributed by atoms with van der Waals surface area (Å²) in [6.45, 7) is 0.885. The van der Waals surface area contributed by atoms with E-state index in [-0.39, 0.29) is 0 Å². The van der Waals surface area contributed by atoms with E-state index < -0.39 is 6.29 Å². The highest BCUT2D eigenvalue weighted by Gasteiger charge is 2.04. The van der Waals surface area contributed by atoms with Crippen LogP contribution in [0.15, 0.2) is 0 Å². The number of methoxy groups -OCH3 is 2. The molecule has 0 aromatic rings. The number of rotatable bonds is 6. The van der Waals surface area contributed by atoms with Gasteiger partial charge >= 0.3 is 0 Å². The molecular weight excluding hydrogens is 136 g/mol. The van der Waals surface area contributed by atoms with E-state index >= 15 is 0 Å². The Bertz CT molecular complexity index is 83.8. The van der Waals surface area contributed by atoms with Crippen molar-refractivity contribution in [2.75, 3.05) is 20.8 Å². The fourth-order valence-corrected chi connectivity index (χ4v) is 0.517. The Morgan fingerprint density at radius 3 is 2.60 bits per heavy atom. The minimum Gasteiger partial charge on any atom is -0.438 e. The van der Waals surface area contributed by atoms with Gasteiger partial charge in [-0.25, -0.2) is 0 Å². The van der Waals surface area contributed by atoms with Crippen molar-refractivity contribution in [2.24, 2.45) is 0 Å². The molecule has 0 saturated heterocycles. The number of carbonyl (C=O) groups is 1. The van der Waals surface area contributed by atoms with E-state index in [1.807, 2.05) is 0 Å². The maximum absolute atomic E-state index is 9.79. The van der Waals surface area contributed by atoms with Crippen LogP contribution in [0.5, 0.6) is 0 Å². The SMILES string of the molecule is COCCC(OC)OC=O. The highest BCUT2D eigenvalue weighted by molar-refractivity contribution is 5.37. The second-order valence-corrected chi connectivity index (χ2v) is 1.68. The van der Waals surface area contributed by atoms with Crippen LogP contribution in [0.2, 0.25) is 0 Å². The summed E-state index contributed by atoms with van der Waals surface area (Å²) in [7, 11) is 3.05. The van der Waals surface area contributed by atoms with Gasteiger partial charge in [0, 0.05) is 20.6 Å². The lowest BCUT2D eigenvalue weighted by molar-refractivity contribution is -0.160. The number of carbonyl (C=O) groups excluding carboxylic acids is 1. The Morgan fingerprint density at radius 1 is 1.50 bits per heavy atom. The van der Waals surface area contributed by atoms with Gasteiger partial charge in [-0.05, 0) is 0 Å². The van der Waals surface area contributed by atoms with Crippen molar-refractivity contribution in [1.29, 1.82) is 0 Å². The molecule has 0 rings (SSSR count). The van der Waals surface area contributed by atoms with Gasteiger partial charge < -0.3 is 14.2 Å². The highest BCUT2D eigenvalue weighted by Crippen LogP contribution is 1.96. The number of hydrogen-bond donors (Lipinski definition) is 0. The molecule has 0 aliphatic heterocycles. The zero-order chi connectivity index (χ0) is 7.82. The van der Waals surface area contributed by atoms with Gasteiger partial charge in [0.15, 0.2) is 0 Å². The zero-order valence-corrected chi connectivity index (χ0v) is 6.20. The summed E-state index contributed by atoms with van der Waals surface area (Å²) in [6, 6.07) is 0. The van der Waals surface area contributed by atoms with Crippen molar-refractivity contribution in [3.05, 3.63) is 0 Å². The minimum atomic E-state index is -0.475. The van der Waals surface area contributed by atoms with E-state index in [1.165, 1.54) is 7.11 Å². The van der Waals surface area contributed by atoms with Crippen LogP contribution >= 0.6 is 0 Å². The number of ether oxygens (including phenoxy) is 3. The van der Waals surface area contributed by atoms with Crippen LogP contribution in [0.1, 0.15) is 6.42 Å². The monoisotopic (exact) mass is 148 g/mol. The van der Waals surface area contributed by atoms with Gasteiger partial charge in [0.1, 0.15) is 0 Å². The molecule has 0 aromatic heterocycles. The lowest BCUT2D eigenvalue weighted by atomic mass is 10.4. The van der Waals surface area contributed by atoms with Crippen molar-refractivity contribution >= 4 is 6.47 Å². The smallest absolute Gasteiger partial charge is 0.295 e. The van der Waals surface area contributed by atoms with Crippen LogP contribution < -0.4 is 0 Å². The van der Waals surface area contributed by atoms with Gasteiger partial charge in [0.25, 0.3) is 6.47 Å². The Balaban J connectivity index is 3.29. The summed E-state index contributed by atoms with van der Waals surface area (Å²) in [5.74, 6) is 0. The van der Waals surface area contributed by atoms with Crippen LogP contribution in [0, 0.1) is 0 Å². The molecule has 1 atom stereocenters. The molecule has 60 valence electrons. The second-order valence-electron chi connectivity index (χ2n) is 1.68. The third kappa shape index (κ3) is 4.29. The molecule has 0 aromatic carbocycles. The normalized spacial score (nSPS) is 12.6. The molecule has 0 spiro atoms. The lowest BCUT2D eigenvalue weighted by Gasteiger charge is -2.11. The summed E-state index contributed by atoms with van der Waals surface area (Å²) >= 11 is 0. The third-order valence-corrected chi connectivity index (χ3v) is 1.03. The van der Waals surface area contributed by atoms with E-state index in [1.54, 1.807) is 7.11 Å². The molecule has 10 heavy (non-hydrogen) atoms. The molecule has 4 nitrogen and oxygen atoms in total. The van der Waals surface area contributed by atoms with Crippen molar-refractivity contribution in [3.63, 3.8) is 0 Å². The summed E-state index contributed by atoms with van der Waals surface area (Å²) in [4.78, 5) is 9.79. The molecule has 0 heterocycles. The molecule has 0 fully saturated rings. The van der Waals surface area contributed by atoms with Crippen molar-refractivity contribution in [3.8, 4) is 0 Å². The maximum atomic E-state index is 9.79. The molecule has 0 N–H and O–H groups in total. The largest absolute Gasteiger partial charge is 0.438 e. The average Bonchev–Trinajstić information content (AvgIpc) is 1.98. The Kier molecular flexibility index (Phi) is 6.11. The van der Waals surface area contributed by atoms with Crippen molar-refractivity contribution < 1.29 is 19.0 Å². The second kappa shape index (κ2) is 6.51. The molecule has 0 bridgehead atoms. The van der Waals surface area contributed by atoms with Crippen molar-refractivity contribution in [2.45, 2.75) is 12.7 Å². The van der Waals surface area contributed by atoms with E-state index in [0.717, 1.165) is 0 Å². The zero-order valence-electron chi connectivity index (χ0n) is 6.20. The molecule has 1 unspecified atom stereocenters. The molecule has 0 radical (unpaired) electrons. The summed E-state index contributed by atoms with van der Waals surface area (Å²) in [5.41, 5.74) is 0. The van der Waals surface area contributed by atoms with Gasteiger partial charge in [0.05, 0.1) is 6.61 Å². The van der Waals surface area contributed by atoms with E-state index in [9.17, 15) is 4.79 Å². The maximum Gasteiger partial charge on any atom is 0.295 e. The molecule has 0 saturated carbocycles. The van der Waals surface area contributed by atoms with Gasteiger partial charge in [-0.3, -0.25) is 4.79 Å². The first-order chi connectivity index (χ1) is 4.85.